The van der Waals surface area contributed by atoms with E-state index < -0.39 is 0 Å². The Labute approximate surface area is 156 Å². The van der Waals surface area contributed by atoms with E-state index in [0.717, 1.165) is 5.56 Å². The molecular weight excluding hydrogens is 361 g/mol. The summed E-state index contributed by atoms with van der Waals surface area (Å²) in [5, 5.41) is 7.41. The molecule has 0 spiro atoms. The van der Waals surface area contributed by atoms with Crippen LogP contribution in [0.15, 0.2) is 53.6 Å². The predicted octanol–water partition coefficient (Wildman–Crippen LogP) is 4.06. The molecule has 2 N–H and O–H groups in total. The normalized spacial score (nSPS) is 11.1. The Morgan fingerprint density at radius 2 is 1.72 bits per heavy atom. The number of carbonyl (C=O) groups excluding carboxylic acids is 2. The second-order valence-corrected chi connectivity index (χ2v) is 6.21. The Morgan fingerprint density at radius 3 is 2.40 bits per heavy atom. The molecule has 0 aliphatic rings. The van der Waals surface area contributed by atoms with Gasteiger partial charge in [-0.05, 0) is 30.7 Å². The van der Waals surface area contributed by atoms with Crippen molar-refractivity contribution in [1.29, 1.82) is 0 Å². The van der Waals surface area contributed by atoms with Gasteiger partial charge in [0.15, 0.2) is 0 Å². The van der Waals surface area contributed by atoms with E-state index in [1.165, 1.54) is 0 Å². The highest BCUT2D eigenvalue weighted by molar-refractivity contribution is 6.42. The van der Waals surface area contributed by atoms with Crippen LogP contribution in [0.25, 0.3) is 0 Å². The Kier molecular flexibility index (Phi) is 6.98. The van der Waals surface area contributed by atoms with Gasteiger partial charge in [-0.25, -0.2) is 5.43 Å². The number of rotatable bonds is 6. The zero-order chi connectivity index (χ0) is 18.2. The van der Waals surface area contributed by atoms with Crippen molar-refractivity contribution in [3.8, 4) is 0 Å². The summed E-state index contributed by atoms with van der Waals surface area (Å²) in [5.41, 5.74) is 4.37. The summed E-state index contributed by atoms with van der Waals surface area (Å²) >= 11 is 11.7. The van der Waals surface area contributed by atoms with Crippen molar-refractivity contribution in [2.45, 2.75) is 19.8 Å². The molecule has 0 bridgehead atoms. The highest BCUT2D eigenvalue weighted by atomic mass is 35.5. The first-order valence-electron chi connectivity index (χ1n) is 7.55. The molecule has 7 heteroatoms. The van der Waals surface area contributed by atoms with Gasteiger partial charge in [0.05, 0.1) is 22.9 Å². The van der Waals surface area contributed by atoms with Crippen molar-refractivity contribution >= 4 is 46.4 Å². The molecule has 130 valence electrons. The standard InChI is InChI=1S/C18H17Cl2N3O2/c1-12(22-23-18(25)10-13-5-3-2-4-6-13)9-17(24)21-14-7-8-15(19)16(20)11-14/h2-8,11H,9-10H2,1H3,(H,21,24)(H,23,25)/b22-12+. The number of nitrogens with one attached hydrogen (secondary N) is 2. The summed E-state index contributed by atoms with van der Waals surface area (Å²) in [4.78, 5) is 23.8. The molecule has 25 heavy (non-hydrogen) atoms. The van der Waals surface area contributed by atoms with Crippen LogP contribution in [0.1, 0.15) is 18.9 Å². The van der Waals surface area contributed by atoms with Crippen LogP contribution in [0.3, 0.4) is 0 Å². The van der Waals surface area contributed by atoms with Gasteiger partial charge in [-0.15, -0.1) is 0 Å². The van der Waals surface area contributed by atoms with Gasteiger partial charge >= 0.3 is 0 Å². The van der Waals surface area contributed by atoms with Crippen LogP contribution >= 0.6 is 23.2 Å². The van der Waals surface area contributed by atoms with Crippen molar-refractivity contribution in [1.82, 2.24) is 5.43 Å². The second kappa shape index (κ2) is 9.20. The molecule has 0 saturated heterocycles. The lowest BCUT2D eigenvalue weighted by Crippen LogP contribution is -2.22. The molecule has 0 unspecified atom stereocenters. The van der Waals surface area contributed by atoms with Gasteiger partial charge < -0.3 is 5.32 Å². The number of hydrazone groups is 1. The van der Waals surface area contributed by atoms with Crippen LogP contribution in [0.4, 0.5) is 5.69 Å². The van der Waals surface area contributed by atoms with Crippen molar-refractivity contribution in [3.05, 3.63) is 64.1 Å². The molecular formula is C18H17Cl2N3O2. The number of hydrogen-bond acceptors (Lipinski definition) is 3. The molecule has 0 saturated carbocycles. The number of benzene rings is 2. The molecule has 2 aromatic rings. The summed E-state index contributed by atoms with van der Waals surface area (Å²) < 4.78 is 0. The molecule has 0 aliphatic carbocycles. The van der Waals surface area contributed by atoms with E-state index in [9.17, 15) is 9.59 Å². The number of hydrogen-bond donors (Lipinski definition) is 2. The largest absolute Gasteiger partial charge is 0.326 e. The molecule has 0 atom stereocenters. The third-order valence-corrected chi connectivity index (χ3v) is 3.94. The van der Waals surface area contributed by atoms with E-state index >= 15 is 0 Å². The van der Waals surface area contributed by atoms with Crippen molar-refractivity contribution in [2.24, 2.45) is 5.10 Å². The van der Waals surface area contributed by atoms with Crippen LogP contribution in [-0.2, 0) is 16.0 Å². The maximum absolute atomic E-state index is 12.0. The highest BCUT2D eigenvalue weighted by Gasteiger charge is 2.07. The topological polar surface area (TPSA) is 70.6 Å². The Morgan fingerprint density at radius 1 is 1.00 bits per heavy atom. The van der Waals surface area contributed by atoms with Crippen LogP contribution in [0.2, 0.25) is 10.0 Å². The van der Waals surface area contributed by atoms with E-state index in [-0.39, 0.29) is 24.7 Å². The lowest BCUT2D eigenvalue weighted by Gasteiger charge is -2.06. The number of carbonyl (C=O) groups is 2. The van der Waals surface area contributed by atoms with Gasteiger partial charge in [0, 0.05) is 11.4 Å². The van der Waals surface area contributed by atoms with Crippen LogP contribution in [0.5, 0.6) is 0 Å². The fraction of sp³-hybridized carbons (Fsp3) is 0.167. The van der Waals surface area contributed by atoms with E-state index in [2.05, 4.69) is 15.8 Å². The number of amides is 2. The fourth-order valence-electron chi connectivity index (χ4n) is 2.03. The van der Waals surface area contributed by atoms with Gasteiger partial charge in [0.2, 0.25) is 11.8 Å². The Hall–Kier alpha value is -2.37. The first kappa shape index (κ1) is 19.0. The monoisotopic (exact) mass is 377 g/mol. The quantitative estimate of drug-likeness (QED) is 0.588. The zero-order valence-corrected chi connectivity index (χ0v) is 15.1. The third kappa shape index (κ3) is 6.57. The highest BCUT2D eigenvalue weighted by Crippen LogP contribution is 2.25. The van der Waals surface area contributed by atoms with Crippen LogP contribution < -0.4 is 10.7 Å². The number of nitrogens with zero attached hydrogens (tertiary/aromatic N) is 1. The van der Waals surface area contributed by atoms with Gasteiger partial charge in [0.25, 0.3) is 0 Å². The minimum atomic E-state index is -0.267. The molecule has 0 radical (unpaired) electrons. The Balaban J connectivity index is 1.82. The molecule has 0 aromatic heterocycles. The van der Waals surface area contributed by atoms with Crippen molar-refractivity contribution < 1.29 is 9.59 Å². The average Bonchev–Trinajstić information content (AvgIpc) is 2.57. The van der Waals surface area contributed by atoms with E-state index in [0.29, 0.717) is 21.4 Å². The van der Waals surface area contributed by atoms with Crippen LogP contribution in [0, 0.1) is 0 Å². The lowest BCUT2D eigenvalue weighted by molar-refractivity contribution is -0.120. The fourth-order valence-corrected chi connectivity index (χ4v) is 2.33. The summed E-state index contributed by atoms with van der Waals surface area (Å²) in [6.07, 6.45) is 0.277. The average molecular weight is 378 g/mol. The van der Waals surface area contributed by atoms with Crippen molar-refractivity contribution in [2.75, 3.05) is 5.32 Å². The summed E-state index contributed by atoms with van der Waals surface area (Å²) in [6, 6.07) is 14.2. The molecule has 2 amide bonds. The minimum Gasteiger partial charge on any atom is -0.326 e. The molecule has 0 fully saturated rings. The zero-order valence-electron chi connectivity index (χ0n) is 13.6. The molecule has 2 rings (SSSR count). The van der Waals surface area contributed by atoms with Crippen molar-refractivity contribution in [3.63, 3.8) is 0 Å². The molecule has 0 aliphatic heterocycles. The number of anilines is 1. The SMILES string of the molecule is C/C(CC(=O)Nc1ccc(Cl)c(Cl)c1)=N\NC(=O)Cc1ccccc1. The smallest absolute Gasteiger partial charge is 0.244 e. The van der Waals surface area contributed by atoms with Crippen LogP contribution in [-0.4, -0.2) is 17.5 Å². The summed E-state index contributed by atoms with van der Waals surface area (Å²) in [5.74, 6) is -0.507. The maximum atomic E-state index is 12.0. The van der Waals surface area contributed by atoms with Gasteiger partial charge in [-0.3, -0.25) is 9.59 Å². The maximum Gasteiger partial charge on any atom is 0.244 e. The minimum absolute atomic E-state index is 0.0475. The van der Waals surface area contributed by atoms with E-state index in [1.54, 1.807) is 25.1 Å². The van der Waals surface area contributed by atoms with Gasteiger partial charge in [-0.1, -0.05) is 53.5 Å². The second-order valence-electron chi connectivity index (χ2n) is 5.40. The first-order valence-corrected chi connectivity index (χ1v) is 8.30. The van der Waals surface area contributed by atoms with E-state index in [4.69, 9.17) is 23.2 Å². The third-order valence-electron chi connectivity index (χ3n) is 3.20. The van der Waals surface area contributed by atoms with Gasteiger partial charge in [0.1, 0.15) is 0 Å². The Bertz CT molecular complexity index is 792. The number of halogens is 2. The van der Waals surface area contributed by atoms with E-state index in [1.807, 2.05) is 30.3 Å². The predicted molar refractivity (Wildman–Crippen MR) is 101 cm³/mol. The summed E-state index contributed by atoms with van der Waals surface area (Å²) in [7, 11) is 0. The summed E-state index contributed by atoms with van der Waals surface area (Å²) in [6.45, 7) is 1.66. The van der Waals surface area contributed by atoms with Gasteiger partial charge in [-0.2, -0.15) is 5.10 Å². The molecule has 0 heterocycles. The molecule has 2 aromatic carbocycles. The molecule has 5 nitrogen and oxygen atoms in total. The lowest BCUT2D eigenvalue weighted by atomic mass is 10.1. The first-order chi connectivity index (χ1) is 11.9.